The third-order valence-corrected chi connectivity index (χ3v) is 5.29. The number of rotatable bonds is 6. The predicted octanol–water partition coefficient (Wildman–Crippen LogP) is 1.38. The van der Waals surface area contributed by atoms with Crippen molar-refractivity contribution in [2.45, 2.75) is 56.7 Å². The zero-order valence-electron chi connectivity index (χ0n) is 12.9. The number of aromatic nitrogens is 1. The molecule has 2 rings (SSSR count). The minimum atomic E-state index is -3.54. The maximum Gasteiger partial charge on any atom is 0.242 e. The number of ether oxygens (including phenoxy) is 1. The van der Waals surface area contributed by atoms with Crippen molar-refractivity contribution < 1.29 is 13.2 Å². The van der Waals surface area contributed by atoms with E-state index in [2.05, 4.69) is 4.72 Å². The third kappa shape index (κ3) is 3.66. The van der Waals surface area contributed by atoms with Gasteiger partial charge in [0, 0.05) is 37.6 Å². The van der Waals surface area contributed by atoms with E-state index in [4.69, 9.17) is 10.5 Å². The highest BCUT2D eigenvalue weighted by Gasteiger charge is 2.31. The molecule has 3 N–H and O–H groups in total. The van der Waals surface area contributed by atoms with Gasteiger partial charge in [-0.3, -0.25) is 0 Å². The fourth-order valence-electron chi connectivity index (χ4n) is 2.60. The molecular weight excluding hydrogens is 290 g/mol. The molecule has 0 bridgehead atoms. The van der Waals surface area contributed by atoms with Crippen molar-refractivity contribution in [1.29, 1.82) is 0 Å². The lowest BCUT2D eigenvalue weighted by molar-refractivity contribution is 0.0250. The lowest BCUT2D eigenvalue weighted by Crippen LogP contribution is -2.40. The highest BCUT2D eigenvalue weighted by atomic mass is 32.2. The minimum Gasteiger partial charge on any atom is -0.374 e. The van der Waals surface area contributed by atoms with Crippen LogP contribution in [-0.2, 0) is 21.3 Å². The Labute approximate surface area is 126 Å². The molecule has 1 aromatic heterocycles. The number of nitrogens with one attached hydrogen (secondary N) is 1. The number of hydrogen-bond donors (Lipinski definition) is 2. The van der Waals surface area contributed by atoms with E-state index in [1.165, 1.54) is 0 Å². The van der Waals surface area contributed by atoms with E-state index in [9.17, 15) is 8.42 Å². The van der Waals surface area contributed by atoms with Gasteiger partial charge in [0.05, 0.1) is 10.5 Å². The van der Waals surface area contributed by atoms with Crippen molar-refractivity contribution >= 4 is 10.0 Å². The molecule has 1 aliphatic rings. The Kier molecular flexibility index (Phi) is 4.77. The van der Waals surface area contributed by atoms with Gasteiger partial charge in [0.1, 0.15) is 0 Å². The molecule has 1 aromatic rings. The summed E-state index contributed by atoms with van der Waals surface area (Å²) >= 11 is 0. The topological polar surface area (TPSA) is 86.3 Å². The van der Waals surface area contributed by atoms with Crippen LogP contribution < -0.4 is 10.5 Å². The predicted molar refractivity (Wildman–Crippen MR) is 81.5 cm³/mol. The maximum atomic E-state index is 12.4. The first-order chi connectivity index (χ1) is 9.77. The molecule has 1 saturated heterocycles. The van der Waals surface area contributed by atoms with Crippen LogP contribution in [0.4, 0.5) is 0 Å². The fourth-order valence-corrected chi connectivity index (χ4v) is 3.80. The number of nitrogens with zero attached hydrogens (tertiary/aromatic N) is 1. The first kappa shape index (κ1) is 16.5. The Morgan fingerprint density at radius 2 is 2.24 bits per heavy atom. The van der Waals surface area contributed by atoms with Gasteiger partial charge in [0.15, 0.2) is 0 Å². The fraction of sp³-hybridized carbons (Fsp3) is 0.714. The summed E-state index contributed by atoms with van der Waals surface area (Å²) in [4.78, 5) is 0.262. The molecule has 0 saturated carbocycles. The summed E-state index contributed by atoms with van der Waals surface area (Å²) in [7, 11) is -3.54. The molecular formula is C14H25N3O3S. The van der Waals surface area contributed by atoms with E-state index >= 15 is 0 Å². The third-order valence-electron chi connectivity index (χ3n) is 3.92. The average molecular weight is 315 g/mol. The second-order valence-corrected chi connectivity index (χ2v) is 7.87. The lowest BCUT2D eigenvalue weighted by atomic mass is 10.0. The highest BCUT2D eigenvalue weighted by Crippen LogP contribution is 2.25. The van der Waals surface area contributed by atoms with Gasteiger partial charge in [-0.1, -0.05) is 0 Å². The van der Waals surface area contributed by atoms with Gasteiger partial charge in [-0.2, -0.15) is 0 Å². The summed E-state index contributed by atoms with van der Waals surface area (Å²) in [6.07, 6.45) is 3.49. The van der Waals surface area contributed by atoms with E-state index in [-0.39, 0.29) is 10.9 Å². The molecule has 0 aromatic carbocycles. The molecule has 6 nitrogen and oxygen atoms in total. The van der Waals surface area contributed by atoms with Gasteiger partial charge < -0.3 is 15.0 Å². The van der Waals surface area contributed by atoms with E-state index in [1.54, 1.807) is 12.3 Å². The van der Waals surface area contributed by atoms with Crippen LogP contribution in [0.1, 0.15) is 45.3 Å². The minimum absolute atomic E-state index is 0.170. The average Bonchev–Trinajstić information content (AvgIpc) is 3.03. The summed E-state index contributed by atoms with van der Waals surface area (Å²) < 4.78 is 35.0. The van der Waals surface area contributed by atoms with Crippen molar-refractivity contribution in [3.63, 3.8) is 0 Å². The zero-order valence-corrected chi connectivity index (χ0v) is 13.7. The smallest absolute Gasteiger partial charge is 0.242 e. The van der Waals surface area contributed by atoms with Crippen molar-refractivity contribution in [1.82, 2.24) is 9.29 Å². The SMILES string of the molecule is CC(C)n1cc(S(=O)(=O)NCC2(C)CCCO2)cc1CN. The first-order valence-corrected chi connectivity index (χ1v) is 8.80. The Balaban J connectivity index is 2.15. The van der Waals surface area contributed by atoms with Crippen molar-refractivity contribution in [3.8, 4) is 0 Å². The van der Waals surface area contributed by atoms with Crippen LogP contribution in [0.25, 0.3) is 0 Å². The molecule has 1 atom stereocenters. The molecule has 1 aliphatic heterocycles. The number of sulfonamides is 1. The Morgan fingerprint density at radius 3 is 2.71 bits per heavy atom. The molecule has 21 heavy (non-hydrogen) atoms. The van der Waals surface area contributed by atoms with Gasteiger partial charge in [-0.25, -0.2) is 13.1 Å². The Bertz CT molecular complexity index is 587. The summed E-state index contributed by atoms with van der Waals surface area (Å²) in [6, 6.07) is 1.81. The van der Waals surface area contributed by atoms with Crippen LogP contribution in [0.5, 0.6) is 0 Å². The Morgan fingerprint density at radius 1 is 1.52 bits per heavy atom. The van der Waals surface area contributed by atoms with E-state index < -0.39 is 15.6 Å². The van der Waals surface area contributed by atoms with E-state index in [0.29, 0.717) is 19.7 Å². The van der Waals surface area contributed by atoms with Gasteiger partial charge >= 0.3 is 0 Å². The first-order valence-electron chi connectivity index (χ1n) is 7.32. The maximum absolute atomic E-state index is 12.4. The van der Waals surface area contributed by atoms with Crippen molar-refractivity contribution in [2.75, 3.05) is 13.2 Å². The van der Waals surface area contributed by atoms with Gasteiger partial charge in [0.2, 0.25) is 10.0 Å². The molecule has 0 radical (unpaired) electrons. The molecule has 0 aliphatic carbocycles. The summed E-state index contributed by atoms with van der Waals surface area (Å²) in [5.41, 5.74) is 6.10. The van der Waals surface area contributed by atoms with Crippen LogP contribution >= 0.6 is 0 Å². The molecule has 1 fully saturated rings. The second kappa shape index (κ2) is 6.08. The highest BCUT2D eigenvalue weighted by molar-refractivity contribution is 7.89. The molecule has 120 valence electrons. The zero-order chi connectivity index (χ0) is 15.7. The molecule has 7 heteroatoms. The van der Waals surface area contributed by atoms with Crippen molar-refractivity contribution in [3.05, 3.63) is 18.0 Å². The summed E-state index contributed by atoms with van der Waals surface area (Å²) in [6.45, 7) is 7.23. The standard InChI is InChI=1S/C14H25N3O3S/c1-11(2)17-9-13(7-12(17)8-15)21(18,19)16-10-14(3)5-4-6-20-14/h7,9,11,16H,4-6,8,10,15H2,1-3H3. The van der Waals surface area contributed by atoms with Crippen LogP contribution in [-0.4, -0.2) is 31.7 Å². The number of nitrogens with two attached hydrogens (primary N) is 1. The van der Waals surface area contributed by atoms with Gasteiger partial charge in [-0.05, 0) is 39.7 Å². The molecule has 0 spiro atoms. The molecule has 2 heterocycles. The lowest BCUT2D eigenvalue weighted by Gasteiger charge is -2.23. The van der Waals surface area contributed by atoms with E-state index in [1.807, 2.05) is 25.3 Å². The molecule has 1 unspecified atom stereocenters. The van der Waals surface area contributed by atoms with Crippen LogP contribution in [0.3, 0.4) is 0 Å². The number of hydrogen-bond acceptors (Lipinski definition) is 4. The molecule has 0 amide bonds. The van der Waals surface area contributed by atoms with Crippen LogP contribution in [0.2, 0.25) is 0 Å². The summed E-state index contributed by atoms with van der Waals surface area (Å²) in [5.74, 6) is 0. The summed E-state index contributed by atoms with van der Waals surface area (Å²) in [5, 5.41) is 0. The monoisotopic (exact) mass is 315 g/mol. The largest absolute Gasteiger partial charge is 0.374 e. The van der Waals surface area contributed by atoms with Gasteiger partial charge in [-0.15, -0.1) is 0 Å². The van der Waals surface area contributed by atoms with Gasteiger partial charge in [0.25, 0.3) is 0 Å². The van der Waals surface area contributed by atoms with Crippen molar-refractivity contribution in [2.24, 2.45) is 5.73 Å². The van der Waals surface area contributed by atoms with Crippen LogP contribution in [0.15, 0.2) is 17.2 Å². The van der Waals surface area contributed by atoms with Crippen LogP contribution in [0, 0.1) is 0 Å². The Hall–Kier alpha value is -0.890. The quantitative estimate of drug-likeness (QED) is 0.830. The van der Waals surface area contributed by atoms with E-state index in [0.717, 1.165) is 18.5 Å². The normalized spacial score (nSPS) is 23.1. The second-order valence-electron chi connectivity index (χ2n) is 6.10.